The van der Waals surface area contributed by atoms with Crippen LogP contribution >= 0.6 is 0 Å². The van der Waals surface area contributed by atoms with Crippen LogP contribution in [0.1, 0.15) is 59.6 Å². The van der Waals surface area contributed by atoms with E-state index in [9.17, 15) is 0 Å². The van der Waals surface area contributed by atoms with Gasteiger partial charge in [0.1, 0.15) is 0 Å². The van der Waals surface area contributed by atoms with Crippen molar-refractivity contribution in [3.8, 4) is 0 Å². The van der Waals surface area contributed by atoms with Gasteiger partial charge in [0.15, 0.2) is 0 Å². The number of aryl methyl sites for hydroxylation is 4. The number of benzene rings is 1. The van der Waals surface area contributed by atoms with Crippen LogP contribution < -0.4 is 5.32 Å². The number of nitrogens with one attached hydrogen (secondary N) is 1. The van der Waals surface area contributed by atoms with Crippen LogP contribution in [0.25, 0.3) is 0 Å². The highest BCUT2D eigenvalue weighted by atomic mass is 14.9. The third kappa shape index (κ3) is 3.51. The first-order valence-electron chi connectivity index (χ1n) is 7.66. The minimum atomic E-state index is 0.285. The van der Waals surface area contributed by atoms with Gasteiger partial charge in [0, 0.05) is 23.5 Å². The lowest BCUT2D eigenvalue weighted by atomic mass is 9.97. The van der Waals surface area contributed by atoms with Gasteiger partial charge in [-0.25, -0.2) is 0 Å². The Bertz CT molecular complexity index is 608. The molecule has 2 atom stereocenters. The Morgan fingerprint density at radius 1 is 0.905 bits per heavy atom. The van der Waals surface area contributed by atoms with Crippen LogP contribution in [0, 0.1) is 27.7 Å². The molecule has 1 heterocycles. The van der Waals surface area contributed by atoms with Crippen molar-refractivity contribution in [3.63, 3.8) is 0 Å². The fourth-order valence-electron chi connectivity index (χ4n) is 3.31. The number of hydrogen-bond donors (Lipinski definition) is 1. The second-order valence-corrected chi connectivity index (χ2v) is 6.05. The predicted molar refractivity (Wildman–Crippen MR) is 89.6 cm³/mol. The maximum absolute atomic E-state index is 4.61. The average molecular weight is 282 g/mol. The van der Waals surface area contributed by atoms with E-state index < -0.39 is 0 Å². The third-order valence-corrected chi connectivity index (χ3v) is 4.17. The van der Waals surface area contributed by atoms with Gasteiger partial charge in [-0.2, -0.15) is 0 Å². The molecule has 21 heavy (non-hydrogen) atoms. The summed E-state index contributed by atoms with van der Waals surface area (Å²) in [4.78, 5) is 4.61. The molecule has 0 saturated heterocycles. The molecule has 2 aromatic rings. The van der Waals surface area contributed by atoms with E-state index in [0.29, 0.717) is 6.04 Å². The van der Waals surface area contributed by atoms with E-state index in [2.05, 4.69) is 82.2 Å². The average Bonchev–Trinajstić information content (AvgIpc) is 2.37. The van der Waals surface area contributed by atoms with Gasteiger partial charge in [-0.05, 0) is 69.9 Å². The first-order chi connectivity index (χ1) is 9.90. The quantitative estimate of drug-likeness (QED) is 0.877. The molecule has 0 amide bonds. The van der Waals surface area contributed by atoms with Gasteiger partial charge in [0.25, 0.3) is 0 Å². The van der Waals surface area contributed by atoms with Crippen LogP contribution in [0.4, 0.5) is 0 Å². The molecule has 1 aromatic heterocycles. The molecule has 0 aliphatic carbocycles. The summed E-state index contributed by atoms with van der Waals surface area (Å²) >= 11 is 0. The first-order valence-corrected chi connectivity index (χ1v) is 7.66. The molecule has 1 N–H and O–H groups in total. The van der Waals surface area contributed by atoms with Crippen LogP contribution in [0.3, 0.4) is 0 Å². The molecule has 112 valence electrons. The minimum absolute atomic E-state index is 0.285. The van der Waals surface area contributed by atoms with Crippen molar-refractivity contribution < 1.29 is 0 Å². The molecule has 0 aliphatic heterocycles. The van der Waals surface area contributed by atoms with Crippen molar-refractivity contribution >= 4 is 0 Å². The van der Waals surface area contributed by atoms with E-state index in [1.807, 2.05) is 0 Å². The van der Waals surface area contributed by atoms with Crippen LogP contribution in [0.5, 0.6) is 0 Å². The molecule has 0 radical (unpaired) electrons. The van der Waals surface area contributed by atoms with Crippen LogP contribution in [-0.4, -0.2) is 4.98 Å². The highest BCUT2D eigenvalue weighted by Crippen LogP contribution is 2.25. The summed E-state index contributed by atoms with van der Waals surface area (Å²) in [6.07, 6.45) is 0. The Morgan fingerprint density at radius 3 is 2.19 bits per heavy atom. The zero-order chi connectivity index (χ0) is 15.6. The summed E-state index contributed by atoms with van der Waals surface area (Å²) in [6, 6.07) is 11.3. The lowest BCUT2D eigenvalue weighted by Crippen LogP contribution is -2.24. The fraction of sp³-hybridized carbons (Fsp3) is 0.421. The normalized spacial score (nSPS) is 14.0. The molecule has 2 rings (SSSR count). The number of aromatic nitrogens is 1. The standard InChI is InChI=1S/C19H26N2/c1-12-9-7-8-10-18(12)15(4)21-17(6)19-13(2)11-14(3)20-16(19)5/h7-11,15,17,21H,1-6H3/t15-,17?/m0/s1. The van der Waals surface area contributed by atoms with Gasteiger partial charge in [-0.3, -0.25) is 4.98 Å². The summed E-state index contributed by atoms with van der Waals surface area (Å²) in [6.45, 7) is 13.0. The maximum atomic E-state index is 4.61. The van der Waals surface area contributed by atoms with E-state index >= 15 is 0 Å². The van der Waals surface area contributed by atoms with E-state index in [1.165, 1.54) is 22.3 Å². The van der Waals surface area contributed by atoms with Crippen molar-refractivity contribution in [2.24, 2.45) is 0 Å². The number of rotatable bonds is 4. The van der Waals surface area contributed by atoms with Crippen molar-refractivity contribution in [2.45, 2.75) is 53.6 Å². The molecular formula is C19H26N2. The minimum Gasteiger partial charge on any atom is -0.304 e. The summed E-state index contributed by atoms with van der Waals surface area (Å²) in [5.74, 6) is 0. The highest BCUT2D eigenvalue weighted by Gasteiger charge is 2.16. The number of pyridine rings is 1. The van der Waals surface area contributed by atoms with Gasteiger partial charge in [-0.1, -0.05) is 24.3 Å². The maximum Gasteiger partial charge on any atom is 0.0426 e. The molecule has 1 aromatic carbocycles. The molecule has 0 fully saturated rings. The molecule has 0 saturated carbocycles. The summed E-state index contributed by atoms with van der Waals surface area (Å²) in [5.41, 5.74) is 7.55. The fourth-order valence-corrected chi connectivity index (χ4v) is 3.31. The van der Waals surface area contributed by atoms with Gasteiger partial charge in [0.05, 0.1) is 0 Å². The molecule has 1 unspecified atom stereocenters. The SMILES string of the molecule is Cc1cc(C)c(C(C)N[C@@H](C)c2ccccc2C)c(C)n1. The van der Waals surface area contributed by atoms with E-state index in [-0.39, 0.29) is 6.04 Å². The Labute approximate surface area is 128 Å². The topological polar surface area (TPSA) is 24.9 Å². The molecule has 2 heteroatoms. The largest absolute Gasteiger partial charge is 0.304 e. The van der Waals surface area contributed by atoms with E-state index in [4.69, 9.17) is 0 Å². The van der Waals surface area contributed by atoms with E-state index in [1.54, 1.807) is 0 Å². The van der Waals surface area contributed by atoms with Gasteiger partial charge < -0.3 is 5.32 Å². The third-order valence-electron chi connectivity index (χ3n) is 4.17. The molecule has 0 aliphatic rings. The predicted octanol–water partition coefficient (Wildman–Crippen LogP) is 4.73. The Hall–Kier alpha value is -1.67. The smallest absolute Gasteiger partial charge is 0.0426 e. The zero-order valence-electron chi connectivity index (χ0n) is 14.0. The second kappa shape index (κ2) is 6.40. The Balaban J connectivity index is 2.22. The van der Waals surface area contributed by atoms with Crippen molar-refractivity contribution in [1.29, 1.82) is 0 Å². The number of nitrogens with zero attached hydrogens (tertiary/aromatic N) is 1. The van der Waals surface area contributed by atoms with Gasteiger partial charge in [-0.15, -0.1) is 0 Å². The lowest BCUT2D eigenvalue weighted by Gasteiger charge is -2.24. The summed E-state index contributed by atoms with van der Waals surface area (Å²) in [5, 5.41) is 3.71. The highest BCUT2D eigenvalue weighted by molar-refractivity contribution is 5.34. The van der Waals surface area contributed by atoms with Crippen LogP contribution in [0.15, 0.2) is 30.3 Å². The van der Waals surface area contributed by atoms with Crippen molar-refractivity contribution in [1.82, 2.24) is 10.3 Å². The lowest BCUT2D eigenvalue weighted by molar-refractivity contribution is 0.488. The van der Waals surface area contributed by atoms with Gasteiger partial charge >= 0.3 is 0 Å². The summed E-state index contributed by atoms with van der Waals surface area (Å²) in [7, 11) is 0. The number of hydrogen-bond acceptors (Lipinski definition) is 2. The monoisotopic (exact) mass is 282 g/mol. The van der Waals surface area contributed by atoms with E-state index in [0.717, 1.165) is 11.4 Å². The second-order valence-electron chi connectivity index (χ2n) is 6.05. The van der Waals surface area contributed by atoms with Crippen LogP contribution in [-0.2, 0) is 0 Å². The summed E-state index contributed by atoms with van der Waals surface area (Å²) < 4.78 is 0. The van der Waals surface area contributed by atoms with Gasteiger partial charge in [0.2, 0.25) is 0 Å². The molecular weight excluding hydrogens is 256 g/mol. The Morgan fingerprint density at radius 2 is 1.57 bits per heavy atom. The first kappa shape index (κ1) is 15.7. The molecule has 0 spiro atoms. The molecule has 2 nitrogen and oxygen atoms in total. The van der Waals surface area contributed by atoms with Crippen LogP contribution in [0.2, 0.25) is 0 Å². The zero-order valence-corrected chi connectivity index (χ0v) is 14.0. The van der Waals surface area contributed by atoms with Crippen molar-refractivity contribution in [2.75, 3.05) is 0 Å². The molecule has 0 bridgehead atoms. The Kier molecular flexibility index (Phi) is 4.79. The van der Waals surface area contributed by atoms with Crippen molar-refractivity contribution in [3.05, 3.63) is 64.0 Å².